The Morgan fingerprint density at radius 1 is 1.21 bits per heavy atom. The SMILES string of the molecule is Cc1nnnn1-c1cc(NC(=O)/C=C/c2ccc(Cl)c(C(F)(F)F)c2)ccc1F. The van der Waals surface area contributed by atoms with Crippen molar-refractivity contribution >= 4 is 29.3 Å². The second kappa shape index (κ2) is 8.00. The van der Waals surface area contributed by atoms with Crippen molar-refractivity contribution in [2.45, 2.75) is 13.1 Å². The topological polar surface area (TPSA) is 72.7 Å². The highest BCUT2D eigenvalue weighted by molar-refractivity contribution is 6.31. The van der Waals surface area contributed by atoms with Crippen molar-refractivity contribution in [3.05, 3.63) is 70.3 Å². The standard InChI is InChI=1S/C18H12ClF4N5O/c1-10-25-26-27-28(10)16-9-12(4-6-15(16)20)24-17(29)7-3-11-2-5-14(19)13(8-11)18(21,22)23/h2-9H,1H3,(H,24,29)/b7-3+. The fraction of sp³-hybridized carbons (Fsp3) is 0.111. The molecule has 0 saturated carbocycles. The van der Waals surface area contributed by atoms with Crippen LogP contribution in [0, 0.1) is 12.7 Å². The largest absolute Gasteiger partial charge is 0.417 e. The molecule has 29 heavy (non-hydrogen) atoms. The van der Waals surface area contributed by atoms with Crippen molar-refractivity contribution in [1.29, 1.82) is 0 Å². The van der Waals surface area contributed by atoms with Gasteiger partial charge < -0.3 is 5.32 Å². The molecule has 1 aromatic heterocycles. The number of aromatic nitrogens is 4. The molecule has 0 aliphatic carbocycles. The zero-order valence-corrected chi connectivity index (χ0v) is 15.5. The third-order valence-electron chi connectivity index (χ3n) is 3.79. The van der Waals surface area contributed by atoms with E-state index >= 15 is 0 Å². The van der Waals surface area contributed by atoms with Crippen LogP contribution < -0.4 is 5.32 Å². The summed E-state index contributed by atoms with van der Waals surface area (Å²) in [7, 11) is 0. The summed E-state index contributed by atoms with van der Waals surface area (Å²) in [6.07, 6.45) is -2.35. The molecule has 3 aromatic rings. The lowest BCUT2D eigenvalue weighted by molar-refractivity contribution is -0.137. The maximum Gasteiger partial charge on any atom is 0.417 e. The zero-order valence-electron chi connectivity index (χ0n) is 14.7. The van der Waals surface area contributed by atoms with Gasteiger partial charge in [0.05, 0.1) is 10.6 Å². The summed E-state index contributed by atoms with van der Waals surface area (Å²) in [5, 5.41) is 12.8. The minimum absolute atomic E-state index is 0.0294. The normalized spacial score (nSPS) is 11.8. The van der Waals surface area contributed by atoms with Crippen LogP contribution in [0.5, 0.6) is 0 Å². The Labute approximate surface area is 166 Å². The van der Waals surface area contributed by atoms with Gasteiger partial charge in [0.2, 0.25) is 5.91 Å². The van der Waals surface area contributed by atoms with Crippen molar-refractivity contribution in [2.24, 2.45) is 0 Å². The third kappa shape index (κ3) is 4.77. The van der Waals surface area contributed by atoms with E-state index in [1.54, 1.807) is 6.92 Å². The van der Waals surface area contributed by atoms with E-state index in [-0.39, 0.29) is 16.9 Å². The first kappa shape index (κ1) is 20.5. The monoisotopic (exact) mass is 425 g/mol. The second-order valence-corrected chi connectivity index (χ2v) is 6.27. The highest BCUT2D eigenvalue weighted by Crippen LogP contribution is 2.35. The van der Waals surface area contributed by atoms with Gasteiger partial charge in [0, 0.05) is 11.8 Å². The van der Waals surface area contributed by atoms with Crippen LogP contribution in [0.1, 0.15) is 17.0 Å². The Hall–Kier alpha value is -3.27. The van der Waals surface area contributed by atoms with E-state index in [9.17, 15) is 22.4 Å². The predicted molar refractivity (Wildman–Crippen MR) is 98.0 cm³/mol. The fourth-order valence-corrected chi connectivity index (χ4v) is 2.65. The number of hydrogen-bond acceptors (Lipinski definition) is 4. The van der Waals surface area contributed by atoms with Crippen LogP contribution in [-0.2, 0) is 11.0 Å². The van der Waals surface area contributed by atoms with Crippen LogP contribution in [-0.4, -0.2) is 26.1 Å². The number of carbonyl (C=O) groups is 1. The Kier molecular flexibility index (Phi) is 5.64. The quantitative estimate of drug-likeness (QED) is 0.495. The van der Waals surface area contributed by atoms with Gasteiger partial charge in [-0.2, -0.15) is 17.9 Å². The second-order valence-electron chi connectivity index (χ2n) is 5.86. The molecule has 11 heteroatoms. The van der Waals surface area contributed by atoms with Gasteiger partial charge in [0.1, 0.15) is 11.5 Å². The Morgan fingerprint density at radius 3 is 2.62 bits per heavy atom. The lowest BCUT2D eigenvalue weighted by Crippen LogP contribution is -2.10. The summed E-state index contributed by atoms with van der Waals surface area (Å²) in [5.41, 5.74) is -0.581. The fourth-order valence-electron chi connectivity index (χ4n) is 2.43. The summed E-state index contributed by atoms with van der Waals surface area (Å²) in [5.74, 6) is -0.884. The molecule has 0 aliphatic heterocycles. The van der Waals surface area contributed by atoms with Gasteiger partial charge in [0.25, 0.3) is 0 Å². The van der Waals surface area contributed by atoms with Crippen molar-refractivity contribution < 1.29 is 22.4 Å². The van der Waals surface area contributed by atoms with E-state index in [0.717, 1.165) is 29.0 Å². The highest BCUT2D eigenvalue weighted by Gasteiger charge is 2.33. The van der Waals surface area contributed by atoms with Crippen LogP contribution in [0.3, 0.4) is 0 Å². The number of amides is 1. The number of rotatable bonds is 4. The van der Waals surface area contributed by atoms with Crippen LogP contribution in [0.25, 0.3) is 11.8 Å². The molecular weight excluding hydrogens is 414 g/mol. The van der Waals surface area contributed by atoms with Gasteiger partial charge in [-0.25, -0.2) is 4.39 Å². The van der Waals surface area contributed by atoms with Crippen molar-refractivity contribution in [3.8, 4) is 5.69 Å². The molecule has 150 valence electrons. The van der Waals surface area contributed by atoms with Crippen LogP contribution in [0.4, 0.5) is 23.2 Å². The summed E-state index contributed by atoms with van der Waals surface area (Å²) >= 11 is 5.56. The maximum absolute atomic E-state index is 14.0. The van der Waals surface area contributed by atoms with E-state index in [0.29, 0.717) is 5.82 Å². The molecule has 3 rings (SSSR count). The molecule has 1 N–H and O–H groups in total. The first-order valence-corrected chi connectivity index (χ1v) is 8.43. The molecule has 1 heterocycles. The number of tetrazole rings is 1. The number of carbonyl (C=O) groups excluding carboxylic acids is 1. The van der Waals surface area contributed by atoms with Crippen LogP contribution >= 0.6 is 11.6 Å². The van der Waals surface area contributed by atoms with Crippen molar-refractivity contribution in [3.63, 3.8) is 0 Å². The van der Waals surface area contributed by atoms with Gasteiger partial charge in [-0.1, -0.05) is 17.7 Å². The van der Waals surface area contributed by atoms with Crippen LogP contribution in [0.2, 0.25) is 5.02 Å². The van der Waals surface area contributed by atoms with E-state index in [1.165, 1.54) is 24.3 Å². The predicted octanol–water partition coefficient (Wildman–Crippen LogP) is 4.43. The molecule has 0 aliphatic rings. The molecular formula is C18H12ClF4N5O. The number of aryl methyl sites for hydroxylation is 1. The van der Waals surface area contributed by atoms with Crippen LogP contribution in [0.15, 0.2) is 42.5 Å². The number of nitrogens with zero attached hydrogens (tertiary/aromatic N) is 4. The van der Waals surface area contributed by atoms with Crippen molar-refractivity contribution in [1.82, 2.24) is 20.2 Å². The number of alkyl halides is 3. The van der Waals surface area contributed by atoms with E-state index in [2.05, 4.69) is 20.8 Å². The Balaban J connectivity index is 1.77. The smallest absolute Gasteiger partial charge is 0.322 e. The maximum atomic E-state index is 14.0. The molecule has 1 amide bonds. The minimum atomic E-state index is -4.61. The van der Waals surface area contributed by atoms with Gasteiger partial charge >= 0.3 is 6.18 Å². The minimum Gasteiger partial charge on any atom is -0.322 e. The average Bonchev–Trinajstić information content (AvgIpc) is 3.07. The molecule has 0 unspecified atom stereocenters. The van der Waals surface area contributed by atoms with E-state index < -0.39 is 28.5 Å². The Bertz CT molecular complexity index is 1090. The summed E-state index contributed by atoms with van der Waals surface area (Å²) in [4.78, 5) is 12.1. The number of halogens is 5. The highest BCUT2D eigenvalue weighted by atomic mass is 35.5. The molecule has 6 nitrogen and oxygen atoms in total. The molecule has 0 bridgehead atoms. The van der Waals surface area contributed by atoms with Gasteiger partial charge in [0.15, 0.2) is 5.82 Å². The summed E-state index contributed by atoms with van der Waals surface area (Å²) in [6.45, 7) is 1.58. The van der Waals surface area contributed by atoms with Crippen molar-refractivity contribution in [2.75, 3.05) is 5.32 Å². The molecule has 0 atom stereocenters. The molecule has 0 fully saturated rings. The number of benzene rings is 2. The lowest BCUT2D eigenvalue weighted by Gasteiger charge is -2.09. The van der Waals surface area contributed by atoms with Gasteiger partial charge in [-0.3, -0.25) is 4.79 Å². The molecule has 0 spiro atoms. The molecule has 0 radical (unpaired) electrons. The van der Waals surface area contributed by atoms with Gasteiger partial charge in [-0.05, 0) is 59.3 Å². The zero-order chi connectivity index (χ0) is 21.2. The first-order chi connectivity index (χ1) is 13.6. The molecule has 2 aromatic carbocycles. The van der Waals surface area contributed by atoms with Gasteiger partial charge in [-0.15, -0.1) is 5.10 Å². The summed E-state index contributed by atoms with van der Waals surface area (Å²) in [6, 6.07) is 7.07. The first-order valence-electron chi connectivity index (χ1n) is 8.06. The van der Waals surface area contributed by atoms with E-state index in [4.69, 9.17) is 11.6 Å². The molecule has 0 saturated heterocycles. The number of nitrogens with one attached hydrogen (secondary N) is 1. The average molecular weight is 426 g/mol. The number of anilines is 1. The van der Waals surface area contributed by atoms with E-state index in [1.807, 2.05) is 0 Å². The lowest BCUT2D eigenvalue weighted by atomic mass is 10.1. The third-order valence-corrected chi connectivity index (χ3v) is 4.12. The number of hydrogen-bond donors (Lipinski definition) is 1. The Morgan fingerprint density at radius 2 is 1.97 bits per heavy atom. The summed E-state index contributed by atoms with van der Waals surface area (Å²) < 4.78 is 53.9.